The monoisotopic (exact) mass is 384 g/mol. The predicted octanol–water partition coefficient (Wildman–Crippen LogP) is 2.59. The van der Waals surface area contributed by atoms with Crippen molar-refractivity contribution in [2.75, 3.05) is 26.3 Å². The molecule has 1 N–H and O–H groups in total. The summed E-state index contributed by atoms with van der Waals surface area (Å²) >= 11 is 0. The highest BCUT2D eigenvalue weighted by molar-refractivity contribution is 6.01. The SMILES string of the molecule is CC(=O)c1c(C)[nH]c(C(=O)O[C@H](C(=O)N2CCOCC2)c2ccccc2)c1C. The molecule has 28 heavy (non-hydrogen) atoms. The summed E-state index contributed by atoms with van der Waals surface area (Å²) in [5.74, 6) is -1.08. The first-order chi connectivity index (χ1) is 13.4. The number of aromatic amines is 1. The van der Waals surface area contributed by atoms with Gasteiger partial charge in [0.25, 0.3) is 5.91 Å². The van der Waals surface area contributed by atoms with Crippen molar-refractivity contribution in [3.8, 4) is 0 Å². The van der Waals surface area contributed by atoms with Crippen LogP contribution in [0.4, 0.5) is 0 Å². The molecule has 1 aliphatic heterocycles. The maximum absolute atomic E-state index is 13.1. The normalized spacial score (nSPS) is 15.2. The Morgan fingerprint density at radius 1 is 1.11 bits per heavy atom. The second-order valence-electron chi connectivity index (χ2n) is 6.81. The molecule has 3 rings (SSSR count). The van der Waals surface area contributed by atoms with E-state index in [1.54, 1.807) is 43.0 Å². The van der Waals surface area contributed by atoms with Crippen LogP contribution >= 0.6 is 0 Å². The van der Waals surface area contributed by atoms with Gasteiger partial charge in [-0.25, -0.2) is 4.79 Å². The molecule has 1 aliphatic rings. The van der Waals surface area contributed by atoms with Gasteiger partial charge in [0.15, 0.2) is 5.78 Å². The summed E-state index contributed by atoms with van der Waals surface area (Å²) in [6, 6.07) is 8.93. The lowest BCUT2D eigenvalue weighted by molar-refractivity contribution is -0.145. The zero-order valence-electron chi connectivity index (χ0n) is 16.3. The highest BCUT2D eigenvalue weighted by atomic mass is 16.5. The van der Waals surface area contributed by atoms with Gasteiger partial charge >= 0.3 is 5.97 Å². The number of ketones is 1. The molecule has 0 aliphatic carbocycles. The average Bonchev–Trinajstić information content (AvgIpc) is 3.01. The maximum atomic E-state index is 13.1. The van der Waals surface area contributed by atoms with Crippen LogP contribution in [0.25, 0.3) is 0 Å². The molecule has 2 aromatic rings. The second-order valence-corrected chi connectivity index (χ2v) is 6.81. The number of Topliss-reactive ketones (excluding diaryl/α,β-unsaturated/α-hetero) is 1. The number of amides is 1. The number of rotatable bonds is 5. The molecule has 148 valence electrons. The van der Waals surface area contributed by atoms with Crippen LogP contribution < -0.4 is 0 Å². The summed E-state index contributed by atoms with van der Waals surface area (Å²) in [4.78, 5) is 42.3. The number of hydrogen-bond donors (Lipinski definition) is 1. The largest absolute Gasteiger partial charge is 0.443 e. The Balaban J connectivity index is 1.89. The smallest absolute Gasteiger partial charge is 0.356 e. The summed E-state index contributed by atoms with van der Waals surface area (Å²) in [7, 11) is 0. The van der Waals surface area contributed by atoms with Gasteiger partial charge in [-0.3, -0.25) is 9.59 Å². The molecule has 1 aromatic heterocycles. The summed E-state index contributed by atoms with van der Waals surface area (Å²) < 4.78 is 11.0. The van der Waals surface area contributed by atoms with Crippen LogP contribution in [0.5, 0.6) is 0 Å². The Morgan fingerprint density at radius 3 is 2.32 bits per heavy atom. The molecule has 1 fully saturated rings. The van der Waals surface area contributed by atoms with E-state index >= 15 is 0 Å². The first kappa shape index (κ1) is 19.8. The fourth-order valence-electron chi connectivity index (χ4n) is 3.49. The third-order valence-corrected chi connectivity index (χ3v) is 4.87. The molecule has 7 nitrogen and oxygen atoms in total. The van der Waals surface area contributed by atoms with Gasteiger partial charge in [0.2, 0.25) is 6.10 Å². The van der Waals surface area contributed by atoms with E-state index < -0.39 is 12.1 Å². The van der Waals surface area contributed by atoms with E-state index in [2.05, 4.69) is 4.98 Å². The Labute approximate surface area is 163 Å². The molecular weight excluding hydrogens is 360 g/mol. The van der Waals surface area contributed by atoms with Gasteiger partial charge in [-0.05, 0) is 26.3 Å². The number of morpholine rings is 1. The minimum Gasteiger partial charge on any atom is -0.443 e. The number of hydrogen-bond acceptors (Lipinski definition) is 5. The standard InChI is InChI=1S/C21H24N2O5/c1-13-17(15(3)24)14(2)22-18(13)21(26)28-19(16-7-5-4-6-8-16)20(25)23-9-11-27-12-10-23/h4-8,19,22H,9-12H2,1-3H3/t19-/m0/s1. The van der Waals surface area contributed by atoms with Crippen molar-refractivity contribution < 1.29 is 23.9 Å². The number of aromatic nitrogens is 1. The molecule has 1 amide bonds. The third-order valence-electron chi connectivity index (χ3n) is 4.87. The van der Waals surface area contributed by atoms with Gasteiger partial charge in [0, 0.05) is 29.9 Å². The summed E-state index contributed by atoms with van der Waals surface area (Å²) in [5, 5.41) is 0. The van der Waals surface area contributed by atoms with Crippen LogP contribution in [0.1, 0.15) is 50.7 Å². The number of aryl methyl sites for hydroxylation is 1. The van der Waals surface area contributed by atoms with Crippen LogP contribution in [0.3, 0.4) is 0 Å². The Bertz CT molecular complexity index is 882. The molecular formula is C21H24N2O5. The van der Waals surface area contributed by atoms with E-state index in [9.17, 15) is 14.4 Å². The van der Waals surface area contributed by atoms with Crippen molar-refractivity contribution in [2.24, 2.45) is 0 Å². The first-order valence-electron chi connectivity index (χ1n) is 9.22. The van der Waals surface area contributed by atoms with Crippen molar-refractivity contribution in [1.29, 1.82) is 0 Å². The summed E-state index contributed by atoms with van der Waals surface area (Å²) in [5.41, 5.74) is 2.40. The lowest BCUT2D eigenvalue weighted by Crippen LogP contribution is -2.44. The molecule has 7 heteroatoms. The number of benzene rings is 1. The van der Waals surface area contributed by atoms with Crippen molar-refractivity contribution in [1.82, 2.24) is 9.88 Å². The zero-order chi connectivity index (χ0) is 20.3. The first-order valence-corrected chi connectivity index (χ1v) is 9.22. The maximum Gasteiger partial charge on any atom is 0.356 e. The van der Waals surface area contributed by atoms with Gasteiger partial charge in [0.05, 0.1) is 13.2 Å². The van der Waals surface area contributed by atoms with E-state index in [1.807, 2.05) is 6.07 Å². The molecule has 0 bridgehead atoms. The second kappa shape index (κ2) is 8.39. The molecule has 1 saturated heterocycles. The number of H-pyrrole nitrogens is 1. The average molecular weight is 384 g/mol. The van der Waals surface area contributed by atoms with Crippen molar-refractivity contribution >= 4 is 17.7 Å². The third kappa shape index (κ3) is 3.99. The number of ether oxygens (including phenoxy) is 2. The Morgan fingerprint density at radius 2 is 1.75 bits per heavy atom. The highest BCUT2D eigenvalue weighted by Crippen LogP contribution is 2.25. The zero-order valence-corrected chi connectivity index (χ0v) is 16.3. The fraction of sp³-hybridized carbons (Fsp3) is 0.381. The van der Waals surface area contributed by atoms with Crippen LogP contribution in [0.15, 0.2) is 30.3 Å². The summed E-state index contributed by atoms with van der Waals surface area (Å²) in [6.07, 6.45) is -1.06. The van der Waals surface area contributed by atoms with E-state index in [-0.39, 0.29) is 17.4 Å². The molecule has 0 unspecified atom stereocenters. The van der Waals surface area contributed by atoms with Crippen LogP contribution in [-0.4, -0.2) is 53.8 Å². The predicted molar refractivity (Wildman–Crippen MR) is 102 cm³/mol. The molecule has 0 saturated carbocycles. The number of nitrogens with zero attached hydrogens (tertiary/aromatic N) is 1. The van der Waals surface area contributed by atoms with Gasteiger partial charge < -0.3 is 19.4 Å². The lowest BCUT2D eigenvalue weighted by Gasteiger charge is -2.30. The van der Waals surface area contributed by atoms with E-state index in [0.717, 1.165) is 0 Å². The molecule has 1 aromatic carbocycles. The van der Waals surface area contributed by atoms with Crippen LogP contribution in [-0.2, 0) is 14.3 Å². The van der Waals surface area contributed by atoms with Gasteiger partial charge in [-0.1, -0.05) is 30.3 Å². The van der Waals surface area contributed by atoms with E-state index in [0.29, 0.717) is 48.7 Å². The topological polar surface area (TPSA) is 88.7 Å². The fourth-order valence-corrected chi connectivity index (χ4v) is 3.49. The lowest BCUT2D eigenvalue weighted by atomic mass is 10.1. The van der Waals surface area contributed by atoms with Gasteiger partial charge in [-0.2, -0.15) is 0 Å². The number of carbonyl (C=O) groups excluding carboxylic acids is 3. The Hall–Kier alpha value is -2.93. The molecule has 2 heterocycles. The van der Waals surface area contributed by atoms with Crippen molar-refractivity contribution in [3.05, 3.63) is 58.4 Å². The van der Waals surface area contributed by atoms with E-state index in [1.165, 1.54) is 6.92 Å². The van der Waals surface area contributed by atoms with Crippen molar-refractivity contribution in [2.45, 2.75) is 26.9 Å². The minimum absolute atomic E-state index is 0.130. The van der Waals surface area contributed by atoms with Crippen LogP contribution in [0.2, 0.25) is 0 Å². The van der Waals surface area contributed by atoms with Gasteiger partial charge in [-0.15, -0.1) is 0 Å². The molecule has 0 spiro atoms. The van der Waals surface area contributed by atoms with Gasteiger partial charge in [0.1, 0.15) is 5.69 Å². The minimum atomic E-state index is -1.06. The highest BCUT2D eigenvalue weighted by Gasteiger charge is 2.32. The quantitative estimate of drug-likeness (QED) is 0.632. The Kier molecular flexibility index (Phi) is 5.94. The number of nitrogens with one attached hydrogen (secondary N) is 1. The number of esters is 1. The van der Waals surface area contributed by atoms with E-state index in [4.69, 9.17) is 9.47 Å². The van der Waals surface area contributed by atoms with Crippen molar-refractivity contribution in [3.63, 3.8) is 0 Å². The summed E-state index contributed by atoms with van der Waals surface area (Å²) in [6.45, 7) is 6.69. The number of carbonyl (C=O) groups is 3. The van der Waals surface area contributed by atoms with Crippen LogP contribution in [0, 0.1) is 13.8 Å². The molecule has 1 atom stereocenters. The molecule has 0 radical (unpaired) electrons.